The lowest BCUT2D eigenvalue weighted by atomic mass is 10.1. The number of anilines is 1. The van der Waals surface area contributed by atoms with Crippen LogP contribution in [0, 0.1) is 5.92 Å². The van der Waals surface area contributed by atoms with E-state index in [1.807, 2.05) is 12.1 Å². The molecular formula is C16H20ClN3O2. The van der Waals surface area contributed by atoms with Gasteiger partial charge in [0.05, 0.1) is 0 Å². The number of benzene rings is 1. The zero-order chi connectivity index (χ0) is 15.7. The van der Waals surface area contributed by atoms with Gasteiger partial charge in [-0.25, -0.2) is 0 Å². The monoisotopic (exact) mass is 321 g/mol. The first-order valence-corrected chi connectivity index (χ1v) is 8.05. The van der Waals surface area contributed by atoms with E-state index in [0.29, 0.717) is 24.4 Å². The van der Waals surface area contributed by atoms with E-state index in [0.717, 1.165) is 18.5 Å². The van der Waals surface area contributed by atoms with Crippen LogP contribution in [0.25, 0.3) is 0 Å². The van der Waals surface area contributed by atoms with E-state index in [4.69, 9.17) is 17.3 Å². The summed E-state index contributed by atoms with van der Waals surface area (Å²) in [5, 5.41) is 3.48. The first-order chi connectivity index (χ1) is 10.5. The highest BCUT2D eigenvalue weighted by Gasteiger charge is 2.36. The van der Waals surface area contributed by atoms with Crippen LogP contribution in [0.5, 0.6) is 0 Å². The second kappa shape index (κ2) is 6.26. The van der Waals surface area contributed by atoms with Gasteiger partial charge in [-0.1, -0.05) is 17.7 Å². The Labute approximate surface area is 134 Å². The summed E-state index contributed by atoms with van der Waals surface area (Å²) in [5.74, 6) is -0.167. The number of hydrogen-bond donors (Lipinski definition) is 2. The lowest BCUT2D eigenvalue weighted by Crippen LogP contribution is -2.43. The molecule has 0 aromatic heterocycles. The number of nitrogens with one attached hydrogen (secondary N) is 1. The molecule has 1 saturated carbocycles. The molecule has 2 amide bonds. The largest absolute Gasteiger partial charge is 0.344 e. The normalized spacial score (nSPS) is 28.2. The first-order valence-electron chi connectivity index (χ1n) is 7.67. The summed E-state index contributed by atoms with van der Waals surface area (Å²) in [6.45, 7) is 0.592. The summed E-state index contributed by atoms with van der Waals surface area (Å²) in [7, 11) is 0. The van der Waals surface area contributed by atoms with Crippen LogP contribution in [0.3, 0.4) is 0 Å². The van der Waals surface area contributed by atoms with Gasteiger partial charge in [-0.05, 0) is 43.9 Å². The van der Waals surface area contributed by atoms with Gasteiger partial charge in [0.2, 0.25) is 11.8 Å². The second-order valence-electron chi connectivity index (χ2n) is 6.09. The van der Waals surface area contributed by atoms with Crippen molar-refractivity contribution in [1.29, 1.82) is 0 Å². The van der Waals surface area contributed by atoms with E-state index in [-0.39, 0.29) is 23.8 Å². The molecule has 1 aliphatic carbocycles. The molecule has 3 unspecified atom stereocenters. The molecule has 2 fully saturated rings. The molecule has 5 nitrogen and oxygen atoms in total. The van der Waals surface area contributed by atoms with Gasteiger partial charge in [-0.15, -0.1) is 0 Å². The van der Waals surface area contributed by atoms with Gasteiger partial charge in [0.25, 0.3) is 0 Å². The summed E-state index contributed by atoms with van der Waals surface area (Å²) in [6.07, 6.45) is 3.03. The van der Waals surface area contributed by atoms with Gasteiger partial charge >= 0.3 is 0 Å². The minimum atomic E-state index is -0.441. The van der Waals surface area contributed by atoms with Crippen molar-refractivity contribution in [2.45, 2.75) is 37.8 Å². The minimum absolute atomic E-state index is 0.0424. The Morgan fingerprint density at radius 2 is 2.14 bits per heavy atom. The number of nitrogens with two attached hydrogens (primary N) is 1. The smallest absolute Gasteiger partial charge is 0.249 e. The Hall–Kier alpha value is -1.59. The molecule has 3 atom stereocenters. The zero-order valence-electron chi connectivity index (χ0n) is 12.3. The van der Waals surface area contributed by atoms with Crippen LogP contribution in [0.2, 0.25) is 5.02 Å². The molecule has 22 heavy (non-hydrogen) atoms. The molecule has 3 N–H and O–H groups in total. The van der Waals surface area contributed by atoms with E-state index < -0.39 is 6.04 Å². The third-order valence-electron chi connectivity index (χ3n) is 4.49. The highest BCUT2D eigenvalue weighted by molar-refractivity contribution is 6.31. The van der Waals surface area contributed by atoms with Crippen LogP contribution >= 0.6 is 11.6 Å². The van der Waals surface area contributed by atoms with E-state index in [2.05, 4.69) is 5.32 Å². The fraction of sp³-hybridized carbons (Fsp3) is 0.500. The van der Waals surface area contributed by atoms with Crippen LogP contribution in [-0.2, 0) is 9.59 Å². The summed E-state index contributed by atoms with van der Waals surface area (Å²) >= 11 is 5.97. The van der Waals surface area contributed by atoms with Crippen LogP contribution in [0.4, 0.5) is 5.69 Å². The average molecular weight is 322 g/mol. The van der Waals surface area contributed by atoms with Gasteiger partial charge in [0.15, 0.2) is 0 Å². The van der Waals surface area contributed by atoms with E-state index >= 15 is 0 Å². The molecular weight excluding hydrogens is 302 g/mol. The second-order valence-corrected chi connectivity index (χ2v) is 6.53. The van der Waals surface area contributed by atoms with E-state index in [1.165, 1.54) is 0 Å². The number of nitrogens with zero attached hydrogens (tertiary/aromatic N) is 1. The molecule has 118 valence electrons. The van der Waals surface area contributed by atoms with Crippen molar-refractivity contribution in [2.75, 3.05) is 11.4 Å². The molecule has 0 bridgehead atoms. The topological polar surface area (TPSA) is 75.4 Å². The molecule has 1 aromatic rings. The molecule has 0 spiro atoms. The van der Waals surface area contributed by atoms with Crippen molar-refractivity contribution < 1.29 is 9.59 Å². The minimum Gasteiger partial charge on any atom is -0.344 e. The maximum Gasteiger partial charge on any atom is 0.249 e. The zero-order valence-corrected chi connectivity index (χ0v) is 13.1. The van der Waals surface area contributed by atoms with Gasteiger partial charge < -0.3 is 16.0 Å². The number of amides is 2. The van der Waals surface area contributed by atoms with Gasteiger partial charge in [-0.3, -0.25) is 9.59 Å². The molecule has 0 radical (unpaired) electrons. The van der Waals surface area contributed by atoms with Crippen LogP contribution in [0.15, 0.2) is 24.3 Å². The maximum atomic E-state index is 12.5. The van der Waals surface area contributed by atoms with Gasteiger partial charge in [0, 0.05) is 29.2 Å². The molecule has 1 aromatic carbocycles. The summed E-state index contributed by atoms with van der Waals surface area (Å²) < 4.78 is 0. The molecule has 6 heteroatoms. The lowest BCUT2D eigenvalue weighted by Gasteiger charge is -2.18. The summed E-state index contributed by atoms with van der Waals surface area (Å²) in [5.41, 5.74) is 6.62. The predicted molar refractivity (Wildman–Crippen MR) is 85.7 cm³/mol. The van der Waals surface area contributed by atoms with Crippen LogP contribution < -0.4 is 16.0 Å². The van der Waals surface area contributed by atoms with Gasteiger partial charge in [0.1, 0.15) is 6.04 Å². The molecule has 1 heterocycles. The van der Waals surface area contributed by atoms with Crippen molar-refractivity contribution in [3.8, 4) is 0 Å². The van der Waals surface area contributed by atoms with Crippen LogP contribution in [-0.4, -0.2) is 30.4 Å². The van der Waals surface area contributed by atoms with Crippen molar-refractivity contribution in [3.05, 3.63) is 29.3 Å². The SMILES string of the molecule is NC1CCC(C(=O)NC2CCN(c3cccc(Cl)c3)C2=O)C1. The maximum absolute atomic E-state index is 12.5. The Morgan fingerprint density at radius 3 is 2.82 bits per heavy atom. The fourth-order valence-electron chi connectivity index (χ4n) is 3.26. The third kappa shape index (κ3) is 3.10. The van der Waals surface area contributed by atoms with Crippen molar-refractivity contribution in [2.24, 2.45) is 11.7 Å². The molecule has 3 rings (SSSR count). The fourth-order valence-corrected chi connectivity index (χ4v) is 3.44. The Morgan fingerprint density at radius 1 is 1.32 bits per heavy atom. The lowest BCUT2D eigenvalue weighted by molar-refractivity contribution is -0.129. The molecule has 1 aliphatic heterocycles. The molecule has 2 aliphatic rings. The molecule has 1 saturated heterocycles. The standard InChI is InChI=1S/C16H20ClN3O2/c17-11-2-1-3-13(9-11)20-7-6-14(16(20)22)19-15(21)10-4-5-12(18)8-10/h1-3,9-10,12,14H,4-8,18H2,(H,19,21). The average Bonchev–Trinajstić information content (AvgIpc) is 3.06. The number of rotatable bonds is 3. The quantitative estimate of drug-likeness (QED) is 0.889. The number of hydrogen-bond acceptors (Lipinski definition) is 3. The number of carbonyl (C=O) groups is 2. The first kappa shape index (κ1) is 15.3. The number of carbonyl (C=O) groups excluding carboxylic acids is 2. The van der Waals surface area contributed by atoms with Crippen molar-refractivity contribution in [3.63, 3.8) is 0 Å². The van der Waals surface area contributed by atoms with E-state index in [9.17, 15) is 9.59 Å². The summed E-state index contributed by atoms with van der Waals surface area (Å²) in [4.78, 5) is 26.4. The predicted octanol–water partition coefficient (Wildman–Crippen LogP) is 1.69. The summed E-state index contributed by atoms with van der Waals surface area (Å²) in [6, 6.07) is 6.87. The highest BCUT2D eigenvalue weighted by Crippen LogP contribution is 2.27. The van der Waals surface area contributed by atoms with Crippen LogP contribution in [0.1, 0.15) is 25.7 Å². The van der Waals surface area contributed by atoms with Crippen molar-refractivity contribution in [1.82, 2.24) is 5.32 Å². The van der Waals surface area contributed by atoms with Crippen molar-refractivity contribution >= 4 is 29.1 Å². The Bertz CT molecular complexity index is 593. The Kier molecular flexibility index (Phi) is 4.36. The Balaban J connectivity index is 1.63. The van der Waals surface area contributed by atoms with E-state index in [1.54, 1.807) is 17.0 Å². The number of halogens is 1. The highest BCUT2D eigenvalue weighted by atomic mass is 35.5. The van der Waals surface area contributed by atoms with Gasteiger partial charge in [-0.2, -0.15) is 0 Å². The third-order valence-corrected chi connectivity index (χ3v) is 4.72.